The van der Waals surface area contributed by atoms with Crippen molar-refractivity contribution in [3.05, 3.63) is 34.3 Å². The second kappa shape index (κ2) is 7.23. The van der Waals surface area contributed by atoms with Gasteiger partial charge in [0.1, 0.15) is 12.1 Å². The van der Waals surface area contributed by atoms with Crippen molar-refractivity contribution in [2.75, 3.05) is 25.1 Å². The summed E-state index contributed by atoms with van der Waals surface area (Å²) in [5.41, 5.74) is 1.16. The van der Waals surface area contributed by atoms with Gasteiger partial charge in [-0.25, -0.2) is 9.97 Å². The van der Waals surface area contributed by atoms with Crippen LogP contribution in [0, 0.1) is 6.92 Å². The first-order chi connectivity index (χ1) is 12.7. The van der Waals surface area contributed by atoms with Crippen LogP contribution in [0.15, 0.2) is 23.8 Å². The zero-order valence-corrected chi connectivity index (χ0v) is 16.0. The molecular formula is C19H24N4O2S. The largest absolute Gasteiger partial charge is 0.481 e. The molecule has 1 aliphatic carbocycles. The molecule has 0 bridgehead atoms. The summed E-state index contributed by atoms with van der Waals surface area (Å²) in [7, 11) is 1.63. The minimum absolute atomic E-state index is 0.170. The Hall–Kier alpha value is -2.15. The van der Waals surface area contributed by atoms with Gasteiger partial charge in [0.25, 0.3) is 5.91 Å². The number of thiophene rings is 1. The van der Waals surface area contributed by atoms with Crippen molar-refractivity contribution in [3.63, 3.8) is 0 Å². The van der Waals surface area contributed by atoms with Gasteiger partial charge >= 0.3 is 0 Å². The molecule has 3 heterocycles. The molecule has 26 heavy (non-hydrogen) atoms. The van der Waals surface area contributed by atoms with Crippen LogP contribution in [-0.4, -0.2) is 53.1 Å². The van der Waals surface area contributed by atoms with Gasteiger partial charge in [-0.15, -0.1) is 11.3 Å². The lowest BCUT2D eigenvalue weighted by Crippen LogP contribution is -2.48. The Balaban J connectivity index is 1.44. The maximum absolute atomic E-state index is 12.7. The number of aryl methyl sites for hydroxylation is 1. The Morgan fingerprint density at radius 1 is 1.19 bits per heavy atom. The molecule has 2 aromatic rings. The third-order valence-corrected chi connectivity index (χ3v) is 6.16. The number of carbonyl (C=O) groups excluding carboxylic acids is 1. The smallest absolute Gasteiger partial charge is 0.263 e. The first-order valence-electron chi connectivity index (χ1n) is 9.14. The minimum atomic E-state index is 0.170. The van der Waals surface area contributed by atoms with E-state index in [1.54, 1.807) is 24.8 Å². The number of anilines is 1. The molecule has 1 amide bonds. The standard InChI is InChI=1S/C19H24N4O2S/c1-13-9-16(26-11-13)19(24)22-7-5-15(6-8-22)23(14-3-4-14)17-10-18(25-2)21-12-20-17/h9-12,14-15H,3-8H2,1-2H3. The quantitative estimate of drug-likeness (QED) is 0.807. The van der Waals surface area contributed by atoms with Gasteiger partial charge in [0.2, 0.25) is 5.88 Å². The van der Waals surface area contributed by atoms with Crippen molar-refractivity contribution in [2.24, 2.45) is 0 Å². The van der Waals surface area contributed by atoms with Crippen LogP contribution in [0.25, 0.3) is 0 Å². The summed E-state index contributed by atoms with van der Waals surface area (Å²) in [6, 6.07) is 4.88. The van der Waals surface area contributed by atoms with Gasteiger partial charge in [-0.2, -0.15) is 0 Å². The van der Waals surface area contributed by atoms with E-state index in [2.05, 4.69) is 14.9 Å². The van der Waals surface area contributed by atoms with Gasteiger partial charge in [-0.1, -0.05) is 0 Å². The van der Waals surface area contributed by atoms with Gasteiger partial charge in [0.05, 0.1) is 12.0 Å². The highest BCUT2D eigenvalue weighted by molar-refractivity contribution is 7.12. The molecule has 2 fully saturated rings. The molecule has 4 rings (SSSR count). The lowest BCUT2D eigenvalue weighted by atomic mass is 10.0. The third-order valence-electron chi connectivity index (χ3n) is 5.13. The summed E-state index contributed by atoms with van der Waals surface area (Å²) >= 11 is 1.54. The van der Waals surface area contributed by atoms with Crippen molar-refractivity contribution in [2.45, 2.75) is 44.7 Å². The average Bonchev–Trinajstić information content (AvgIpc) is 3.41. The summed E-state index contributed by atoms with van der Waals surface area (Å²) in [5, 5.41) is 2.04. The minimum Gasteiger partial charge on any atom is -0.481 e. The molecule has 0 spiro atoms. The number of ether oxygens (including phenoxy) is 1. The van der Waals surface area contributed by atoms with Gasteiger partial charge in [0.15, 0.2) is 0 Å². The zero-order valence-electron chi connectivity index (χ0n) is 15.2. The summed E-state index contributed by atoms with van der Waals surface area (Å²) in [6.07, 6.45) is 5.93. The van der Waals surface area contributed by atoms with Gasteiger partial charge in [-0.3, -0.25) is 4.79 Å². The van der Waals surface area contributed by atoms with E-state index >= 15 is 0 Å². The maximum atomic E-state index is 12.7. The Labute approximate surface area is 157 Å². The molecule has 1 saturated heterocycles. The average molecular weight is 372 g/mol. The molecule has 1 saturated carbocycles. The molecule has 0 N–H and O–H groups in total. The van der Waals surface area contributed by atoms with E-state index in [1.807, 2.05) is 29.3 Å². The third kappa shape index (κ3) is 3.53. The van der Waals surface area contributed by atoms with Crippen molar-refractivity contribution >= 4 is 23.1 Å². The number of carbonyl (C=O) groups is 1. The van der Waals surface area contributed by atoms with E-state index in [0.29, 0.717) is 18.0 Å². The Morgan fingerprint density at radius 2 is 1.92 bits per heavy atom. The number of likely N-dealkylation sites (tertiary alicyclic amines) is 1. The number of aromatic nitrogens is 2. The van der Waals surface area contributed by atoms with E-state index in [-0.39, 0.29) is 5.91 Å². The van der Waals surface area contributed by atoms with Crippen LogP contribution in [-0.2, 0) is 0 Å². The Morgan fingerprint density at radius 3 is 2.54 bits per heavy atom. The molecule has 2 aromatic heterocycles. The number of methoxy groups -OCH3 is 1. The van der Waals surface area contributed by atoms with Gasteiger partial charge in [-0.05, 0) is 49.6 Å². The number of rotatable bonds is 5. The first-order valence-corrected chi connectivity index (χ1v) is 10.0. The van der Waals surface area contributed by atoms with Crippen LogP contribution in [0.2, 0.25) is 0 Å². The fraction of sp³-hybridized carbons (Fsp3) is 0.526. The maximum Gasteiger partial charge on any atom is 0.263 e. The molecule has 6 nitrogen and oxygen atoms in total. The summed E-state index contributed by atoms with van der Waals surface area (Å²) in [4.78, 5) is 26.6. The van der Waals surface area contributed by atoms with E-state index in [9.17, 15) is 4.79 Å². The number of amides is 1. The van der Waals surface area contributed by atoms with E-state index < -0.39 is 0 Å². The summed E-state index contributed by atoms with van der Waals surface area (Å²) in [6.45, 7) is 3.63. The second-order valence-corrected chi connectivity index (χ2v) is 7.98. The van der Waals surface area contributed by atoms with Crippen LogP contribution in [0.1, 0.15) is 40.9 Å². The van der Waals surface area contributed by atoms with Crippen LogP contribution in [0.4, 0.5) is 5.82 Å². The SMILES string of the molecule is COc1cc(N(C2CC2)C2CCN(C(=O)c3cc(C)cs3)CC2)ncn1. The fourth-order valence-electron chi connectivity index (χ4n) is 3.65. The lowest BCUT2D eigenvalue weighted by Gasteiger charge is -2.39. The van der Waals surface area contributed by atoms with Crippen LogP contribution >= 0.6 is 11.3 Å². The first kappa shape index (κ1) is 17.3. The summed E-state index contributed by atoms with van der Waals surface area (Å²) in [5.74, 6) is 1.71. The Kier molecular flexibility index (Phi) is 4.80. The number of nitrogens with zero attached hydrogens (tertiary/aromatic N) is 4. The predicted molar refractivity (Wildman–Crippen MR) is 102 cm³/mol. The monoisotopic (exact) mass is 372 g/mol. The van der Waals surface area contributed by atoms with Crippen molar-refractivity contribution < 1.29 is 9.53 Å². The van der Waals surface area contributed by atoms with Crippen molar-refractivity contribution in [1.29, 1.82) is 0 Å². The highest BCUT2D eigenvalue weighted by Crippen LogP contribution is 2.36. The molecule has 0 unspecified atom stereocenters. The molecule has 0 atom stereocenters. The number of hydrogen-bond acceptors (Lipinski definition) is 6. The van der Waals surface area contributed by atoms with Crippen LogP contribution in [0.5, 0.6) is 5.88 Å². The van der Waals surface area contributed by atoms with Crippen LogP contribution < -0.4 is 9.64 Å². The highest BCUT2D eigenvalue weighted by atomic mass is 32.1. The van der Waals surface area contributed by atoms with Gasteiger partial charge < -0.3 is 14.5 Å². The molecular weight excluding hydrogens is 348 g/mol. The fourth-order valence-corrected chi connectivity index (χ4v) is 4.52. The highest BCUT2D eigenvalue weighted by Gasteiger charge is 2.37. The van der Waals surface area contributed by atoms with Gasteiger partial charge in [0, 0.05) is 31.2 Å². The second-order valence-electron chi connectivity index (χ2n) is 7.07. The van der Waals surface area contributed by atoms with E-state index in [0.717, 1.165) is 42.2 Å². The van der Waals surface area contributed by atoms with Crippen molar-refractivity contribution in [3.8, 4) is 5.88 Å². The Bertz CT molecular complexity index is 781. The zero-order chi connectivity index (χ0) is 18.1. The van der Waals surface area contributed by atoms with Crippen molar-refractivity contribution in [1.82, 2.24) is 14.9 Å². The molecule has 2 aliphatic rings. The lowest BCUT2D eigenvalue weighted by molar-refractivity contribution is 0.0716. The predicted octanol–water partition coefficient (Wildman–Crippen LogP) is 3.13. The molecule has 0 radical (unpaired) electrons. The topological polar surface area (TPSA) is 58.6 Å². The van der Waals surface area contributed by atoms with Crippen LogP contribution in [0.3, 0.4) is 0 Å². The van der Waals surface area contributed by atoms with E-state index in [4.69, 9.17) is 4.74 Å². The summed E-state index contributed by atoms with van der Waals surface area (Å²) < 4.78 is 5.26. The van der Waals surface area contributed by atoms with E-state index in [1.165, 1.54) is 12.8 Å². The molecule has 7 heteroatoms. The molecule has 1 aliphatic heterocycles. The molecule has 138 valence electrons. The normalized spacial score (nSPS) is 18.0. The number of piperidine rings is 1. The number of hydrogen-bond donors (Lipinski definition) is 0. The molecule has 0 aromatic carbocycles.